The average Bonchev–Trinajstić information content (AvgIpc) is 2.44. The van der Waals surface area contributed by atoms with E-state index in [-0.39, 0.29) is 11.6 Å². The van der Waals surface area contributed by atoms with Crippen LogP contribution in [0.3, 0.4) is 0 Å². The van der Waals surface area contributed by atoms with Crippen molar-refractivity contribution >= 4 is 0 Å². The van der Waals surface area contributed by atoms with Crippen molar-refractivity contribution in [1.29, 1.82) is 0 Å². The van der Waals surface area contributed by atoms with Gasteiger partial charge in [0.1, 0.15) is 17.1 Å². The molecule has 1 fully saturated rings. The van der Waals surface area contributed by atoms with Gasteiger partial charge in [0, 0.05) is 37.3 Å². The zero-order valence-corrected chi connectivity index (χ0v) is 12.9. The third-order valence-electron chi connectivity index (χ3n) is 4.31. The lowest BCUT2D eigenvalue weighted by Gasteiger charge is -2.36. The summed E-state index contributed by atoms with van der Waals surface area (Å²) < 4.78 is 17.4. The van der Waals surface area contributed by atoms with Crippen LogP contribution in [0.4, 0.5) is 0 Å². The molecule has 3 rings (SSSR count). The molecule has 2 heterocycles. The molecule has 0 aliphatic carbocycles. The lowest BCUT2D eigenvalue weighted by Crippen LogP contribution is -2.37. The SMILES string of the molecule is CC1(C)CC(N)c2ccc(OCC3CCOCC3)cc2O1. The van der Waals surface area contributed by atoms with Gasteiger partial charge in [-0.15, -0.1) is 0 Å². The predicted molar refractivity (Wildman–Crippen MR) is 81.7 cm³/mol. The minimum Gasteiger partial charge on any atom is -0.493 e. The standard InChI is InChI=1S/C17H25NO3/c1-17(2)10-15(18)14-4-3-13(9-16(14)21-17)20-11-12-5-7-19-8-6-12/h3-4,9,12,15H,5-8,10-11,18H2,1-2H3. The molecule has 0 radical (unpaired) electrons. The molecule has 21 heavy (non-hydrogen) atoms. The summed E-state index contributed by atoms with van der Waals surface area (Å²) in [5.74, 6) is 2.32. The van der Waals surface area contributed by atoms with Crippen molar-refractivity contribution in [2.75, 3.05) is 19.8 Å². The maximum atomic E-state index is 6.23. The highest BCUT2D eigenvalue weighted by atomic mass is 16.5. The zero-order chi connectivity index (χ0) is 14.9. The summed E-state index contributed by atoms with van der Waals surface area (Å²) in [6, 6.07) is 6.05. The van der Waals surface area contributed by atoms with Gasteiger partial charge in [-0.1, -0.05) is 6.07 Å². The van der Waals surface area contributed by atoms with E-state index in [2.05, 4.69) is 13.8 Å². The lowest BCUT2D eigenvalue weighted by atomic mass is 9.90. The Morgan fingerprint density at radius 3 is 2.81 bits per heavy atom. The number of rotatable bonds is 3. The molecule has 1 aromatic carbocycles. The molecule has 1 saturated heterocycles. The van der Waals surface area contributed by atoms with Crippen LogP contribution in [0.2, 0.25) is 0 Å². The molecular weight excluding hydrogens is 266 g/mol. The molecule has 0 amide bonds. The Kier molecular flexibility index (Phi) is 4.09. The second-order valence-electron chi connectivity index (χ2n) is 6.74. The van der Waals surface area contributed by atoms with E-state index in [0.29, 0.717) is 5.92 Å². The van der Waals surface area contributed by atoms with Gasteiger partial charge in [-0.05, 0) is 38.7 Å². The molecule has 0 bridgehead atoms. The Balaban J connectivity index is 1.67. The van der Waals surface area contributed by atoms with Crippen molar-refractivity contribution < 1.29 is 14.2 Å². The van der Waals surface area contributed by atoms with Crippen LogP contribution in [0, 0.1) is 5.92 Å². The van der Waals surface area contributed by atoms with Crippen molar-refractivity contribution in [2.45, 2.75) is 44.8 Å². The number of hydrogen-bond donors (Lipinski definition) is 1. The highest BCUT2D eigenvalue weighted by Gasteiger charge is 2.32. The van der Waals surface area contributed by atoms with Gasteiger partial charge in [0.25, 0.3) is 0 Å². The Morgan fingerprint density at radius 2 is 2.05 bits per heavy atom. The maximum Gasteiger partial charge on any atom is 0.128 e. The molecule has 0 aromatic heterocycles. The quantitative estimate of drug-likeness (QED) is 0.930. The Hall–Kier alpha value is -1.26. The molecule has 1 atom stereocenters. The minimum absolute atomic E-state index is 0.0355. The first kappa shape index (κ1) is 14.7. The van der Waals surface area contributed by atoms with Crippen molar-refractivity contribution in [3.63, 3.8) is 0 Å². The van der Waals surface area contributed by atoms with Crippen LogP contribution in [-0.4, -0.2) is 25.4 Å². The Labute approximate surface area is 126 Å². The second kappa shape index (κ2) is 5.85. The number of nitrogens with two attached hydrogens (primary N) is 1. The molecule has 4 heteroatoms. The van der Waals surface area contributed by atoms with Crippen molar-refractivity contribution in [3.05, 3.63) is 23.8 Å². The Morgan fingerprint density at radius 1 is 1.29 bits per heavy atom. The lowest BCUT2D eigenvalue weighted by molar-refractivity contribution is 0.0492. The van der Waals surface area contributed by atoms with Crippen molar-refractivity contribution in [2.24, 2.45) is 11.7 Å². The van der Waals surface area contributed by atoms with Crippen LogP contribution in [-0.2, 0) is 4.74 Å². The molecule has 0 spiro atoms. The molecule has 1 aromatic rings. The first-order valence-corrected chi connectivity index (χ1v) is 7.82. The summed E-state index contributed by atoms with van der Waals surface area (Å²) in [5.41, 5.74) is 7.09. The van der Waals surface area contributed by atoms with E-state index in [1.165, 1.54) is 0 Å². The van der Waals surface area contributed by atoms with Crippen molar-refractivity contribution in [3.8, 4) is 11.5 Å². The van der Waals surface area contributed by atoms with E-state index in [4.69, 9.17) is 19.9 Å². The summed E-state index contributed by atoms with van der Waals surface area (Å²) in [4.78, 5) is 0. The van der Waals surface area contributed by atoms with Crippen LogP contribution in [0.1, 0.15) is 44.7 Å². The molecular formula is C17H25NO3. The molecule has 2 N–H and O–H groups in total. The minimum atomic E-state index is -0.217. The van der Waals surface area contributed by atoms with Gasteiger partial charge in [-0.3, -0.25) is 0 Å². The van der Waals surface area contributed by atoms with Gasteiger partial charge >= 0.3 is 0 Å². The van der Waals surface area contributed by atoms with E-state index in [1.807, 2.05) is 18.2 Å². The molecule has 4 nitrogen and oxygen atoms in total. The topological polar surface area (TPSA) is 53.7 Å². The largest absolute Gasteiger partial charge is 0.493 e. The summed E-state index contributed by atoms with van der Waals surface area (Å²) in [7, 11) is 0. The van der Waals surface area contributed by atoms with Crippen LogP contribution >= 0.6 is 0 Å². The average molecular weight is 291 g/mol. The number of fused-ring (bicyclic) bond motifs is 1. The fourth-order valence-corrected chi connectivity index (χ4v) is 3.11. The van der Waals surface area contributed by atoms with E-state index in [9.17, 15) is 0 Å². The van der Waals surface area contributed by atoms with E-state index >= 15 is 0 Å². The molecule has 0 saturated carbocycles. The first-order valence-electron chi connectivity index (χ1n) is 7.82. The highest BCUT2D eigenvalue weighted by Crippen LogP contribution is 2.40. The Bertz CT molecular complexity index is 495. The summed E-state index contributed by atoms with van der Waals surface area (Å²) in [6.07, 6.45) is 3.00. The van der Waals surface area contributed by atoms with Gasteiger partial charge in [0.05, 0.1) is 6.61 Å². The predicted octanol–water partition coefficient (Wildman–Crippen LogP) is 3.05. The molecule has 116 valence electrons. The maximum absolute atomic E-state index is 6.23. The van der Waals surface area contributed by atoms with E-state index in [0.717, 1.165) is 56.1 Å². The highest BCUT2D eigenvalue weighted by molar-refractivity contribution is 5.44. The van der Waals surface area contributed by atoms with E-state index in [1.54, 1.807) is 0 Å². The second-order valence-corrected chi connectivity index (χ2v) is 6.74. The van der Waals surface area contributed by atoms with Crippen LogP contribution in [0.25, 0.3) is 0 Å². The summed E-state index contributed by atoms with van der Waals surface area (Å²) in [5, 5.41) is 0. The van der Waals surface area contributed by atoms with Gasteiger partial charge in [-0.25, -0.2) is 0 Å². The number of benzene rings is 1. The number of ether oxygens (including phenoxy) is 3. The monoisotopic (exact) mass is 291 g/mol. The molecule has 2 aliphatic rings. The zero-order valence-electron chi connectivity index (χ0n) is 12.9. The normalized spacial score (nSPS) is 25.0. The fourth-order valence-electron chi connectivity index (χ4n) is 3.11. The van der Waals surface area contributed by atoms with Crippen LogP contribution in [0.5, 0.6) is 11.5 Å². The third kappa shape index (κ3) is 3.50. The van der Waals surface area contributed by atoms with Gasteiger partial charge < -0.3 is 19.9 Å². The van der Waals surface area contributed by atoms with Gasteiger partial charge in [0.2, 0.25) is 0 Å². The van der Waals surface area contributed by atoms with Gasteiger partial charge in [-0.2, -0.15) is 0 Å². The van der Waals surface area contributed by atoms with Crippen LogP contribution in [0.15, 0.2) is 18.2 Å². The van der Waals surface area contributed by atoms with Crippen molar-refractivity contribution in [1.82, 2.24) is 0 Å². The summed E-state index contributed by atoms with van der Waals surface area (Å²) in [6.45, 7) is 6.60. The fraction of sp³-hybridized carbons (Fsp3) is 0.647. The molecule has 1 unspecified atom stereocenters. The first-order chi connectivity index (χ1) is 10.0. The van der Waals surface area contributed by atoms with E-state index < -0.39 is 0 Å². The van der Waals surface area contributed by atoms with Crippen LogP contribution < -0.4 is 15.2 Å². The molecule has 2 aliphatic heterocycles. The summed E-state index contributed by atoms with van der Waals surface area (Å²) >= 11 is 0. The third-order valence-corrected chi connectivity index (χ3v) is 4.31. The number of hydrogen-bond acceptors (Lipinski definition) is 4. The van der Waals surface area contributed by atoms with Gasteiger partial charge in [0.15, 0.2) is 0 Å². The smallest absolute Gasteiger partial charge is 0.128 e.